The fourth-order valence-corrected chi connectivity index (χ4v) is 3.46. The first kappa shape index (κ1) is 14.3. The van der Waals surface area contributed by atoms with Crippen molar-refractivity contribution in [1.82, 2.24) is 4.98 Å². The molecule has 0 bridgehead atoms. The Kier molecular flexibility index (Phi) is 3.57. The quantitative estimate of drug-likeness (QED) is 0.876. The highest BCUT2D eigenvalue weighted by molar-refractivity contribution is 7.09. The highest BCUT2D eigenvalue weighted by Gasteiger charge is 2.19. The second-order valence-electron chi connectivity index (χ2n) is 6.53. The maximum Gasteiger partial charge on any atom is 0.169 e. The van der Waals surface area contributed by atoms with E-state index in [1.807, 2.05) is 12.1 Å². The van der Waals surface area contributed by atoms with E-state index >= 15 is 0 Å². The molecule has 0 saturated carbocycles. The third-order valence-electron chi connectivity index (χ3n) is 3.77. The van der Waals surface area contributed by atoms with Crippen molar-refractivity contribution in [3.8, 4) is 0 Å². The zero-order valence-corrected chi connectivity index (χ0v) is 13.5. The molecular formula is C17H20N2OS. The number of anilines is 1. The summed E-state index contributed by atoms with van der Waals surface area (Å²) in [5.74, 6) is 0.140. The van der Waals surface area contributed by atoms with Crippen molar-refractivity contribution in [2.45, 2.75) is 39.0 Å². The molecule has 2 heterocycles. The minimum atomic E-state index is 0.0370. The minimum absolute atomic E-state index is 0.0370. The number of rotatable bonds is 3. The standard InChI is InChI=1S/C17H20N2OS/c1-17(2,3)15-10-21-16(19-15)9-14(20)12-5-4-11-6-7-18-13(11)8-12/h4-5,8,10,18H,6-7,9H2,1-3H3. The number of benzene rings is 1. The Morgan fingerprint density at radius 1 is 1.38 bits per heavy atom. The molecule has 1 aliphatic rings. The van der Waals surface area contributed by atoms with Gasteiger partial charge in [-0.1, -0.05) is 32.9 Å². The van der Waals surface area contributed by atoms with E-state index in [0.29, 0.717) is 6.42 Å². The van der Waals surface area contributed by atoms with Crippen molar-refractivity contribution in [3.63, 3.8) is 0 Å². The maximum atomic E-state index is 12.4. The second-order valence-corrected chi connectivity index (χ2v) is 7.47. The Morgan fingerprint density at radius 2 is 2.19 bits per heavy atom. The summed E-state index contributed by atoms with van der Waals surface area (Å²) in [5, 5.41) is 6.28. The van der Waals surface area contributed by atoms with Gasteiger partial charge >= 0.3 is 0 Å². The Hall–Kier alpha value is -1.68. The average molecular weight is 300 g/mol. The van der Waals surface area contributed by atoms with Crippen molar-refractivity contribution in [1.29, 1.82) is 0 Å². The molecule has 21 heavy (non-hydrogen) atoms. The van der Waals surface area contributed by atoms with Gasteiger partial charge < -0.3 is 5.32 Å². The van der Waals surface area contributed by atoms with Crippen molar-refractivity contribution < 1.29 is 4.79 Å². The first-order valence-corrected chi connectivity index (χ1v) is 8.16. The topological polar surface area (TPSA) is 42.0 Å². The number of carbonyl (C=O) groups is 1. The average Bonchev–Trinajstić information content (AvgIpc) is 3.04. The van der Waals surface area contributed by atoms with Gasteiger partial charge in [-0.15, -0.1) is 11.3 Å². The predicted molar refractivity (Wildman–Crippen MR) is 87.5 cm³/mol. The summed E-state index contributed by atoms with van der Waals surface area (Å²) in [4.78, 5) is 17.0. The number of thiazole rings is 1. The number of hydrogen-bond donors (Lipinski definition) is 1. The van der Waals surface area contributed by atoms with Gasteiger partial charge in [0, 0.05) is 28.6 Å². The number of carbonyl (C=O) groups excluding carboxylic acids is 1. The molecular weight excluding hydrogens is 280 g/mol. The summed E-state index contributed by atoms with van der Waals surface area (Å²) in [5.41, 5.74) is 4.28. The highest BCUT2D eigenvalue weighted by Crippen LogP contribution is 2.26. The van der Waals surface area contributed by atoms with Crippen LogP contribution in [0.2, 0.25) is 0 Å². The molecule has 0 amide bonds. The van der Waals surface area contributed by atoms with E-state index in [-0.39, 0.29) is 11.2 Å². The number of ketones is 1. The number of hydrogen-bond acceptors (Lipinski definition) is 4. The molecule has 110 valence electrons. The van der Waals surface area contributed by atoms with Gasteiger partial charge in [0.15, 0.2) is 5.78 Å². The Balaban J connectivity index is 1.76. The van der Waals surface area contributed by atoms with Gasteiger partial charge in [0.1, 0.15) is 5.01 Å². The number of nitrogens with zero attached hydrogens (tertiary/aromatic N) is 1. The fourth-order valence-electron chi connectivity index (χ4n) is 2.44. The van der Waals surface area contributed by atoms with Crippen molar-refractivity contribution in [2.75, 3.05) is 11.9 Å². The lowest BCUT2D eigenvalue weighted by atomic mass is 9.93. The van der Waals surface area contributed by atoms with E-state index in [1.54, 1.807) is 11.3 Å². The van der Waals surface area contributed by atoms with Gasteiger partial charge in [0.25, 0.3) is 0 Å². The van der Waals surface area contributed by atoms with Crippen molar-refractivity contribution in [3.05, 3.63) is 45.4 Å². The van der Waals surface area contributed by atoms with E-state index < -0.39 is 0 Å². The molecule has 1 aromatic carbocycles. The third-order valence-corrected chi connectivity index (χ3v) is 4.62. The van der Waals surface area contributed by atoms with Gasteiger partial charge in [0.05, 0.1) is 12.1 Å². The van der Waals surface area contributed by atoms with E-state index in [2.05, 4.69) is 42.5 Å². The molecule has 2 aromatic rings. The summed E-state index contributed by atoms with van der Waals surface area (Å²) in [6, 6.07) is 5.97. The Labute approximate surface area is 129 Å². The lowest BCUT2D eigenvalue weighted by Gasteiger charge is -2.14. The number of nitrogens with one attached hydrogen (secondary N) is 1. The SMILES string of the molecule is CC(C)(C)c1csc(CC(=O)c2ccc3c(c2)NCC3)n1. The van der Waals surface area contributed by atoms with Crippen LogP contribution in [-0.2, 0) is 18.3 Å². The van der Waals surface area contributed by atoms with Gasteiger partial charge in [-0.2, -0.15) is 0 Å². The summed E-state index contributed by atoms with van der Waals surface area (Å²) < 4.78 is 0. The molecule has 1 aliphatic heterocycles. The summed E-state index contributed by atoms with van der Waals surface area (Å²) in [6.07, 6.45) is 1.44. The van der Waals surface area contributed by atoms with Crippen molar-refractivity contribution >= 4 is 22.8 Å². The molecule has 0 unspecified atom stereocenters. The fraction of sp³-hybridized carbons (Fsp3) is 0.412. The van der Waals surface area contributed by atoms with Gasteiger partial charge in [-0.25, -0.2) is 4.98 Å². The van der Waals surface area contributed by atoms with E-state index in [0.717, 1.165) is 34.9 Å². The smallest absolute Gasteiger partial charge is 0.169 e. The lowest BCUT2D eigenvalue weighted by molar-refractivity contribution is 0.0993. The van der Waals surface area contributed by atoms with Gasteiger partial charge in [-0.3, -0.25) is 4.79 Å². The molecule has 4 heteroatoms. The molecule has 0 spiro atoms. The van der Waals surface area contributed by atoms with E-state index in [1.165, 1.54) is 5.56 Å². The molecule has 3 rings (SSSR count). The van der Waals surface area contributed by atoms with Crippen LogP contribution in [-0.4, -0.2) is 17.3 Å². The number of fused-ring (bicyclic) bond motifs is 1. The van der Waals surface area contributed by atoms with Crippen molar-refractivity contribution in [2.24, 2.45) is 0 Å². The normalized spacial score (nSPS) is 13.9. The molecule has 0 saturated heterocycles. The summed E-state index contributed by atoms with van der Waals surface area (Å²) in [7, 11) is 0. The van der Waals surface area contributed by atoms with Crippen LogP contribution in [0.25, 0.3) is 0 Å². The molecule has 1 N–H and O–H groups in total. The largest absolute Gasteiger partial charge is 0.384 e. The van der Waals surface area contributed by atoms with Crippen LogP contribution < -0.4 is 5.32 Å². The molecule has 0 fully saturated rings. The lowest BCUT2D eigenvalue weighted by Crippen LogP contribution is -2.12. The van der Waals surface area contributed by atoms with E-state index in [4.69, 9.17) is 0 Å². The van der Waals surface area contributed by atoms with Gasteiger partial charge in [-0.05, 0) is 18.1 Å². The van der Waals surface area contributed by atoms with Gasteiger partial charge in [0.2, 0.25) is 0 Å². The minimum Gasteiger partial charge on any atom is -0.384 e. The van der Waals surface area contributed by atoms with Crippen LogP contribution in [0.5, 0.6) is 0 Å². The molecule has 0 radical (unpaired) electrons. The van der Waals surface area contributed by atoms with E-state index in [9.17, 15) is 4.79 Å². The highest BCUT2D eigenvalue weighted by atomic mass is 32.1. The van der Waals surface area contributed by atoms with Crippen LogP contribution in [0.15, 0.2) is 23.6 Å². The third kappa shape index (κ3) is 3.00. The molecule has 0 atom stereocenters. The predicted octanol–water partition coefficient (Wildman–Crippen LogP) is 3.83. The maximum absolute atomic E-state index is 12.4. The van der Waals surface area contributed by atoms with Crippen LogP contribution in [0.3, 0.4) is 0 Å². The Bertz CT molecular complexity index is 682. The molecule has 3 nitrogen and oxygen atoms in total. The monoisotopic (exact) mass is 300 g/mol. The molecule has 1 aromatic heterocycles. The Morgan fingerprint density at radius 3 is 2.90 bits per heavy atom. The first-order chi connectivity index (χ1) is 9.93. The first-order valence-electron chi connectivity index (χ1n) is 7.28. The molecule has 0 aliphatic carbocycles. The zero-order chi connectivity index (χ0) is 15.0. The van der Waals surface area contributed by atoms with Crippen LogP contribution in [0.4, 0.5) is 5.69 Å². The number of aromatic nitrogens is 1. The zero-order valence-electron chi connectivity index (χ0n) is 12.7. The van der Waals surface area contributed by atoms with Crippen LogP contribution in [0, 0.1) is 0 Å². The summed E-state index contributed by atoms with van der Waals surface area (Å²) in [6.45, 7) is 7.38. The second kappa shape index (κ2) is 5.26. The summed E-state index contributed by atoms with van der Waals surface area (Å²) >= 11 is 1.58. The van der Waals surface area contributed by atoms with Crippen LogP contribution >= 0.6 is 11.3 Å². The van der Waals surface area contributed by atoms with Crippen LogP contribution in [0.1, 0.15) is 47.4 Å². The number of Topliss-reactive ketones (excluding diaryl/α,β-unsaturated/α-hetero) is 1.